The van der Waals surface area contributed by atoms with Crippen LogP contribution >= 0.6 is 0 Å². The van der Waals surface area contributed by atoms with Crippen LogP contribution in [0.4, 0.5) is 5.69 Å². The number of para-hydroxylation sites is 1. The van der Waals surface area contributed by atoms with Crippen molar-refractivity contribution < 1.29 is 14.3 Å². The molecule has 0 atom stereocenters. The van der Waals surface area contributed by atoms with Crippen LogP contribution in [0.3, 0.4) is 0 Å². The Morgan fingerprint density at radius 3 is 2.81 bits per heavy atom. The van der Waals surface area contributed by atoms with Crippen LogP contribution in [0.2, 0.25) is 0 Å². The Balaban J connectivity index is 1.74. The van der Waals surface area contributed by atoms with Gasteiger partial charge in [0.25, 0.3) is 0 Å². The number of hydrogen-bond acceptors (Lipinski definition) is 5. The van der Waals surface area contributed by atoms with Crippen LogP contribution < -0.4 is 5.63 Å². The third-order valence-electron chi connectivity index (χ3n) is 4.02. The summed E-state index contributed by atoms with van der Waals surface area (Å²) in [6.45, 7) is 1.88. The summed E-state index contributed by atoms with van der Waals surface area (Å²) in [4.78, 5) is 27.1. The van der Waals surface area contributed by atoms with Gasteiger partial charge in [0.05, 0.1) is 5.52 Å². The highest BCUT2D eigenvalue weighted by atomic mass is 16.4. The van der Waals surface area contributed by atoms with Crippen molar-refractivity contribution in [1.29, 1.82) is 0 Å². The monoisotopic (exact) mass is 347 g/mol. The molecule has 7 nitrogen and oxygen atoms in total. The van der Waals surface area contributed by atoms with Gasteiger partial charge in [0, 0.05) is 10.8 Å². The van der Waals surface area contributed by atoms with Crippen molar-refractivity contribution in [2.75, 3.05) is 0 Å². The number of rotatable bonds is 2. The summed E-state index contributed by atoms with van der Waals surface area (Å²) >= 11 is 0. The number of aryl methyl sites for hydroxylation is 1. The lowest BCUT2D eigenvalue weighted by atomic mass is 10.1. The number of benzene rings is 2. The molecule has 2 heterocycles. The molecule has 2 N–H and O–H groups in total. The maximum atomic E-state index is 12.3. The van der Waals surface area contributed by atoms with E-state index in [0.29, 0.717) is 21.9 Å². The van der Waals surface area contributed by atoms with Gasteiger partial charge in [0.15, 0.2) is 5.69 Å². The molecule has 0 spiro atoms. The molecular weight excluding hydrogens is 334 g/mol. The average Bonchev–Trinajstić information content (AvgIpc) is 2.94. The normalized spacial score (nSPS) is 11.6. The molecule has 4 aromatic rings. The number of amides is 1. The van der Waals surface area contributed by atoms with Crippen molar-refractivity contribution in [2.24, 2.45) is 10.2 Å². The second kappa shape index (κ2) is 5.96. The molecular formula is C19H13N3O4. The lowest BCUT2D eigenvalue weighted by molar-refractivity contribution is 0.0991. The highest BCUT2D eigenvalue weighted by molar-refractivity contribution is 5.98. The zero-order chi connectivity index (χ0) is 18.3. The Labute approximate surface area is 146 Å². The third-order valence-corrected chi connectivity index (χ3v) is 4.02. The maximum absolute atomic E-state index is 12.3. The molecule has 128 valence electrons. The van der Waals surface area contributed by atoms with E-state index in [1.807, 2.05) is 13.0 Å². The van der Waals surface area contributed by atoms with E-state index in [0.717, 1.165) is 5.56 Å². The highest BCUT2D eigenvalue weighted by Gasteiger charge is 2.15. The van der Waals surface area contributed by atoms with Crippen molar-refractivity contribution >= 4 is 33.5 Å². The van der Waals surface area contributed by atoms with E-state index in [1.165, 1.54) is 6.07 Å². The molecule has 0 radical (unpaired) electrons. The molecule has 0 aliphatic rings. The Bertz CT molecular complexity index is 1250. The number of nitrogens with zero attached hydrogens (tertiary/aromatic N) is 2. The lowest BCUT2D eigenvalue weighted by Crippen LogP contribution is -2.11. The van der Waals surface area contributed by atoms with Crippen molar-refractivity contribution in [3.05, 3.63) is 70.1 Å². The van der Waals surface area contributed by atoms with Crippen LogP contribution in [0.5, 0.6) is 5.88 Å². The predicted octanol–water partition coefficient (Wildman–Crippen LogP) is 4.21. The van der Waals surface area contributed by atoms with Crippen molar-refractivity contribution in [3.8, 4) is 5.88 Å². The summed E-state index contributed by atoms with van der Waals surface area (Å²) in [5.74, 6) is -1.05. The van der Waals surface area contributed by atoms with Crippen LogP contribution in [0.15, 0.2) is 68.0 Å². The molecule has 26 heavy (non-hydrogen) atoms. The quantitative estimate of drug-likeness (QED) is 0.418. The van der Waals surface area contributed by atoms with Gasteiger partial charge in [-0.05, 0) is 30.7 Å². The molecule has 7 heteroatoms. The van der Waals surface area contributed by atoms with Crippen LogP contribution in [-0.4, -0.2) is 16.0 Å². The number of nitrogens with one attached hydrogen (secondary N) is 1. The fraction of sp³-hybridized carbons (Fsp3) is 0.0526. The summed E-state index contributed by atoms with van der Waals surface area (Å²) in [6, 6.07) is 13.8. The number of azo groups is 1. The first-order valence-corrected chi connectivity index (χ1v) is 7.83. The lowest BCUT2D eigenvalue weighted by Gasteiger charge is -1.99. The van der Waals surface area contributed by atoms with E-state index in [1.54, 1.807) is 36.4 Å². The van der Waals surface area contributed by atoms with Gasteiger partial charge < -0.3 is 14.5 Å². The van der Waals surface area contributed by atoms with E-state index in [2.05, 4.69) is 15.2 Å². The molecule has 0 aliphatic carbocycles. The number of hydrogen-bond donors (Lipinski definition) is 2. The molecule has 2 aromatic carbocycles. The first-order chi connectivity index (χ1) is 12.5. The highest BCUT2D eigenvalue weighted by Crippen LogP contribution is 2.35. The summed E-state index contributed by atoms with van der Waals surface area (Å²) in [6.07, 6.45) is 0. The van der Waals surface area contributed by atoms with Gasteiger partial charge >= 0.3 is 11.5 Å². The van der Waals surface area contributed by atoms with Gasteiger partial charge in [-0.1, -0.05) is 30.3 Å². The van der Waals surface area contributed by atoms with Gasteiger partial charge in [0.2, 0.25) is 5.88 Å². The van der Waals surface area contributed by atoms with E-state index >= 15 is 0 Å². The van der Waals surface area contributed by atoms with E-state index in [4.69, 9.17) is 4.42 Å². The Morgan fingerprint density at radius 1 is 1.15 bits per heavy atom. The summed E-state index contributed by atoms with van der Waals surface area (Å²) in [5, 5.41) is 18.6. The second-order valence-corrected chi connectivity index (χ2v) is 5.86. The predicted molar refractivity (Wildman–Crippen MR) is 96.0 cm³/mol. The molecule has 0 saturated carbocycles. The molecule has 0 fully saturated rings. The van der Waals surface area contributed by atoms with E-state index < -0.39 is 11.5 Å². The zero-order valence-electron chi connectivity index (χ0n) is 13.7. The number of aromatic nitrogens is 1. The molecule has 2 aromatic heterocycles. The SMILES string of the molecule is Cc1ccc2cc(C(=O)N=Nc3c(O)[nH]c4ccccc34)c(=O)oc2c1. The van der Waals surface area contributed by atoms with Crippen LogP contribution in [-0.2, 0) is 0 Å². The first kappa shape index (κ1) is 15.8. The zero-order valence-corrected chi connectivity index (χ0v) is 13.7. The summed E-state index contributed by atoms with van der Waals surface area (Å²) in [5.41, 5.74) is 1.13. The van der Waals surface area contributed by atoms with Gasteiger partial charge in [-0.25, -0.2) is 4.79 Å². The molecule has 0 aliphatic heterocycles. The Hall–Kier alpha value is -3.74. The minimum atomic E-state index is -0.842. The smallest absolute Gasteiger partial charge is 0.349 e. The minimum Gasteiger partial charge on any atom is -0.493 e. The van der Waals surface area contributed by atoms with Crippen LogP contribution in [0.1, 0.15) is 15.9 Å². The number of fused-ring (bicyclic) bond motifs is 2. The van der Waals surface area contributed by atoms with E-state index in [-0.39, 0.29) is 17.1 Å². The standard InChI is InChI=1S/C19H13N3O4/c1-10-6-7-11-9-13(19(25)26-15(11)8-10)17(23)22-21-16-12-4-2-3-5-14(12)20-18(16)24/h2-9,20,24H,1H3. The van der Waals surface area contributed by atoms with Crippen molar-refractivity contribution in [1.82, 2.24) is 4.98 Å². The fourth-order valence-electron chi connectivity index (χ4n) is 2.73. The summed E-state index contributed by atoms with van der Waals surface area (Å²) < 4.78 is 5.19. The van der Waals surface area contributed by atoms with Gasteiger partial charge in [0.1, 0.15) is 11.1 Å². The molecule has 0 saturated heterocycles. The average molecular weight is 347 g/mol. The number of carbonyl (C=O) groups is 1. The molecule has 1 amide bonds. The number of aromatic hydroxyl groups is 1. The molecule has 4 rings (SSSR count). The number of carbonyl (C=O) groups excluding carboxylic acids is 1. The first-order valence-electron chi connectivity index (χ1n) is 7.83. The fourth-order valence-corrected chi connectivity index (χ4v) is 2.73. The van der Waals surface area contributed by atoms with Gasteiger partial charge in [-0.2, -0.15) is 0 Å². The van der Waals surface area contributed by atoms with Crippen LogP contribution in [0, 0.1) is 6.92 Å². The topological polar surface area (TPSA) is 108 Å². The summed E-state index contributed by atoms with van der Waals surface area (Å²) in [7, 11) is 0. The molecule has 0 bridgehead atoms. The largest absolute Gasteiger partial charge is 0.493 e. The molecule has 0 unspecified atom stereocenters. The van der Waals surface area contributed by atoms with Gasteiger partial charge in [-0.3, -0.25) is 4.79 Å². The third kappa shape index (κ3) is 2.65. The second-order valence-electron chi connectivity index (χ2n) is 5.86. The van der Waals surface area contributed by atoms with Crippen molar-refractivity contribution in [3.63, 3.8) is 0 Å². The van der Waals surface area contributed by atoms with Gasteiger partial charge in [-0.15, -0.1) is 10.2 Å². The Kier molecular flexibility index (Phi) is 3.62. The van der Waals surface area contributed by atoms with Crippen LogP contribution in [0.25, 0.3) is 21.9 Å². The van der Waals surface area contributed by atoms with Crippen molar-refractivity contribution in [2.45, 2.75) is 6.92 Å². The number of H-pyrrole nitrogens is 1. The Morgan fingerprint density at radius 2 is 1.96 bits per heavy atom. The van der Waals surface area contributed by atoms with E-state index in [9.17, 15) is 14.7 Å². The number of aromatic amines is 1. The minimum absolute atomic E-state index is 0.134. The maximum Gasteiger partial charge on any atom is 0.349 e.